The Morgan fingerprint density at radius 2 is 1.88 bits per heavy atom. The highest BCUT2D eigenvalue weighted by molar-refractivity contribution is 5.81. The van der Waals surface area contributed by atoms with E-state index < -0.39 is 17.7 Å². The van der Waals surface area contributed by atoms with Crippen molar-refractivity contribution in [3.05, 3.63) is 65.6 Å². The quantitative estimate of drug-likeness (QED) is 0.467. The molecule has 0 spiro atoms. The SMILES string of the molecule is Cc1nn(-c2ccc(C(F)(F)F)cc2)nc1CCOc1ccc2c(cnn2CC(=O)O)c1. The van der Waals surface area contributed by atoms with Crippen LogP contribution in [0.5, 0.6) is 5.75 Å². The van der Waals surface area contributed by atoms with Crippen molar-refractivity contribution in [1.29, 1.82) is 0 Å². The van der Waals surface area contributed by atoms with Crippen LogP contribution in [0.4, 0.5) is 13.2 Å². The first kappa shape index (κ1) is 21.3. The fourth-order valence-corrected chi connectivity index (χ4v) is 3.21. The summed E-state index contributed by atoms with van der Waals surface area (Å²) < 4.78 is 45.4. The van der Waals surface area contributed by atoms with Gasteiger partial charge in [-0.15, -0.1) is 0 Å². The molecular formula is C21H18F3N5O3. The number of nitrogens with zero attached hydrogens (tertiary/aromatic N) is 5. The summed E-state index contributed by atoms with van der Waals surface area (Å²) in [6.07, 6.45) is -2.37. The van der Waals surface area contributed by atoms with E-state index in [1.165, 1.54) is 21.6 Å². The number of fused-ring (bicyclic) bond motifs is 1. The van der Waals surface area contributed by atoms with Crippen molar-refractivity contribution in [1.82, 2.24) is 24.8 Å². The summed E-state index contributed by atoms with van der Waals surface area (Å²) >= 11 is 0. The lowest BCUT2D eigenvalue weighted by Crippen LogP contribution is -2.09. The molecule has 0 aliphatic rings. The molecule has 0 aliphatic heterocycles. The second kappa shape index (κ2) is 8.33. The number of carbonyl (C=O) groups is 1. The van der Waals surface area contributed by atoms with E-state index in [4.69, 9.17) is 9.84 Å². The van der Waals surface area contributed by atoms with Gasteiger partial charge in [0.1, 0.15) is 12.3 Å². The number of aryl methyl sites for hydroxylation is 1. The van der Waals surface area contributed by atoms with Crippen molar-refractivity contribution in [2.45, 2.75) is 26.1 Å². The number of aromatic nitrogens is 5. The van der Waals surface area contributed by atoms with Crippen molar-refractivity contribution in [2.24, 2.45) is 0 Å². The smallest absolute Gasteiger partial charge is 0.416 e. The lowest BCUT2D eigenvalue weighted by Gasteiger charge is -2.07. The minimum atomic E-state index is -4.40. The van der Waals surface area contributed by atoms with E-state index in [0.717, 1.165) is 17.5 Å². The first-order valence-electron chi connectivity index (χ1n) is 9.61. The van der Waals surface area contributed by atoms with E-state index in [0.29, 0.717) is 41.4 Å². The maximum atomic E-state index is 12.7. The standard InChI is InChI=1S/C21H18F3N5O3/c1-13-18(27-29(26-13)16-4-2-15(3-5-16)21(22,23)24)8-9-32-17-6-7-19-14(10-17)11-25-28(19)12-20(30)31/h2-7,10-11H,8-9,12H2,1H3,(H,30,31). The van der Waals surface area contributed by atoms with E-state index in [1.807, 2.05) is 0 Å². The molecular weight excluding hydrogens is 427 g/mol. The van der Waals surface area contributed by atoms with E-state index in [9.17, 15) is 18.0 Å². The normalized spacial score (nSPS) is 11.8. The molecule has 0 aliphatic carbocycles. The zero-order chi connectivity index (χ0) is 22.9. The predicted octanol–water partition coefficient (Wildman–Crippen LogP) is 3.65. The Labute approximate surface area is 179 Å². The predicted molar refractivity (Wildman–Crippen MR) is 108 cm³/mol. The Morgan fingerprint density at radius 1 is 1.12 bits per heavy atom. The molecule has 4 rings (SSSR count). The van der Waals surface area contributed by atoms with Gasteiger partial charge in [0.2, 0.25) is 0 Å². The van der Waals surface area contributed by atoms with Gasteiger partial charge in [-0.2, -0.15) is 33.3 Å². The largest absolute Gasteiger partial charge is 0.493 e. The van der Waals surface area contributed by atoms with Gasteiger partial charge in [-0.25, -0.2) is 0 Å². The lowest BCUT2D eigenvalue weighted by molar-refractivity contribution is -0.138. The Hall–Kier alpha value is -3.89. The highest BCUT2D eigenvalue weighted by Crippen LogP contribution is 2.29. The van der Waals surface area contributed by atoms with Gasteiger partial charge in [-0.3, -0.25) is 9.48 Å². The fraction of sp³-hybridized carbons (Fsp3) is 0.238. The molecule has 2 aromatic heterocycles. The second-order valence-corrected chi connectivity index (χ2v) is 7.08. The Bertz CT molecular complexity index is 1260. The van der Waals surface area contributed by atoms with E-state index in [1.54, 1.807) is 31.3 Å². The van der Waals surface area contributed by atoms with Gasteiger partial charge in [-0.1, -0.05) is 0 Å². The highest BCUT2D eigenvalue weighted by Gasteiger charge is 2.30. The number of ether oxygens (including phenoxy) is 1. The molecule has 8 nitrogen and oxygen atoms in total. The molecule has 0 radical (unpaired) electrons. The number of benzene rings is 2. The van der Waals surface area contributed by atoms with Gasteiger partial charge >= 0.3 is 12.1 Å². The third-order valence-electron chi connectivity index (χ3n) is 4.81. The van der Waals surface area contributed by atoms with Gasteiger partial charge in [0.05, 0.1) is 41.0 Å². The number of alkyl halides is 3. The molecule has 11 heteroatoms. The van der Waals surface area contributed by atoms with E-state index >= 15 is 0 Å². The van der Waals surface area contributed by atoms with Crippen LogP contribution in [-0.2, 0) is 23.9 Å². The van der Waals surface area contributed by atoms with Gasteiger partial charge in [0.15, 0.2) is 0 Å². The molecule has 0 fully saturated rings. The number of hydrogen-bond donors (Lipinski definition) is 1. The number of carboxylic acids is 1. The summed E-state index contributed by atoms with van der Waals surface area (Å²) in [6, 6.07) is 9.87. The Kier molecular flexibility index (Phi) is 5.56. The molecule has 4 aromatic rings. The van der Waals surface area contributed by atoms with Crippen molar-refractivity contribution in [3.63, 3.8) is 0 Å². The van der Waals surface area contributed by atoms with Crippen LogP contribution in [0.1, 0.15) is 17.0 Å². The Balaban J connectivity index is 1.40. The monoisotopic (exact) mass is 445 g/mol. The number of aliphatic carboxylic acids is 1. The minimum absolute atomic E-state index is 0.225. The number of rotatable bonds is 7. The maximum absolute atomic E-state index is 12.7. The number of carboxylic acid groups (broad SMARTS) is 1. The molecule has 32 heavy (non-hydrogen) atoms. The van der Waals surface area contributed by atoms with Crippen molar-refractivity contribution in [3.8, 4) is 11.4 Å². The average molecular weight is 445 g/mol. The van der Waals surface area contributed by atoms with Crippen LogP contribution in [-0.4, -0.2) is 42.5 Å². The number of hydrogen-bond acceptors (Lipinski definition) is 5. The van der Waals surface area contributed by atoms with Crippen molar-refractivity contribution < 1.29 is 27.8 Å². The number of halogens is 3. The summed E-state index contributed by atoms with van der Waals surface area (Å²) in [5.41, 5.74) is 1.70. The van der Waals surface area contributed by atoms with Crippen LogP contribution in [0.3, 0.4) is 0 Å². The first-order valence-corrected chi connectivity index (χ1v) is 9.61. The molecule has 166 valence electrons. The van der Waals surface area contributed by atoms with Crippen LogP contribution in [0.15, 0.2) is 48.7 Å². The molecule has 1 N–H and O–H groups in total. The van der Waals surface area contributed by atoms with Gasteiger partial charge in [0.25, 0.3) is 0 Å². The fourth-order valence-electron chi connectivity index (χ4n) is 3.21. The molecule has 0 saturated carbocycles. The van der Waals surface area contributed by atoms with Crippen LogP contribution in [0.25, 0.3) is 16.6 Å². The molecule has 0 saturated heterocycles. The zero-order valence-electron chi connectivity index (χ0n) is 16.9. The Morgan fingerprint density at radius 3 is 2.56 bits per heavy atom. The zero-order valence-corrected chi connectivity index (χ0v) is 16.9. The third kappa shape index (κ3) is 4.56. The molecule has 0 unspecified atom stereocenters. The van der Waals surface area contributed by atoms with E-state index in [-0.39, 0.29) is 6.54 Å². The summed E-state index contributed by atoms with van der Waals surface area (Å²) in [4.78, 5) is 12.2. The third-order valence-corrected chi connectivity index (χ3v) is 4.81. The van der Waals surface area contributed by atoms with Crippen molar-refractivity contribution in [2.75, 3.05) is 6.61 Å². The minimum Gasteiger partial charge on any atom is -0.493 e. The molecule has 0 amide bonds. The summed E-state index contributed by atoms with van der Waals surface area (Å²) in [6.45, 7) is 1.85. The van der Waals surface area contributed by atoms with Crippen LogP contribution in [0.2, 0.25) is 0 Å². The molecule has 0 bridgehead atoms. The lowest BCUT2D eigenvalue weighted by atomic mass is 10.2. The van der Waals surface area contributed by atoms with Crippen LogP contribution >= 0.6 is 0 Å². The first-order chi connectivity index (χ1) is 15.2. The van der Waals surface area contributed by atoms with Crippen LogP contribution in [0, 0.1) is 6.92 Å². The summed E-state index contributed by atoms with van der Waals surface area (Å²) in [7, 11) is 0. The maximum Gasteiger partial charge on any atom is 0.416 e. The summed E-state index contributed by atoms with van der Waals surface area (Å²) in [5.74, 6) is -0.379. The van der Waals surface area contributed by atoms with Crippen LogP contribution < -0.4 is 4.74 Å². The second-order valence-electron chi connectivity index (χ2n) is 7.08. The van der Waals surface area contributed by atoms with E-state index in [2.05, 4.69) is 15.3 Å². The van der Waals surface area contributed by atoms with Crippen molar-refractivity contribution >= 4 is 16.9 Å². The average Bonchev–Trinajstić information content (AvgIpc) is 3.30. The topological polar surface area (TPSA) is 95.1 Å². The van der Waals surface area contributed by atoms with Gasteiger partial charge in [-0.05, 0) is 49.4 Å². The molecule has 2 aromatic carbocycles. The van der Waals surface area contributed by atoms with Gasteiger partial charge in [0, 0.05) is 11.8 Å². The highest BCUT2D eigenvalue weighted by atomic mass is 19.4. The molecule has 2 heterocycles. The summed E-state index contributed by atoms with van der Waals surface area (Å²) in [5, 5.41) is 22.4. The molecule has 0 atom stereocenters. The van der Waals surface area contributed by atoms with Gasteiger partial charge < -0.3 is 9.84 Å².